The maximum atomic E-state index is 10.7. The molecule has 0 heterocycles. The molecule has 0 aromatic rings. The van der Waals surface area contributed by atoms with Gasteiger partial charge in [0.25, 0.3) is 0 Å². The standard InChI is InChI=1S/C5H11NO3P2/c7-4(8)5(6-10)1-3(5)2-9-11/h3,6H,1-2,10-11H2,(H,7,8)/t3-,5-/m1/s1. The lowest BCUT2D eigenvalue weighted by Crippen LogP contribution is -2.35. The quantitative estimate of drug-likeness (QED) is 0.620. The molecule has 0 spiro atoms. The lowest BCUT2D eigenvalue weighted by Gasteiger charge is -2.09. The Kier molecular flexibility index (Phi) is 2.82. The molecule has 1 aliphatic carbocycles. The van der Waals surface area contributed by atoms with E-state index in [0.717, 1.165) is 0 Å². The minimum absolute atomic E-state index is 0.0926. The summed E-state index contributed by atoms with van der Waals surface area (Å²) in [7, 11) is 4.35. The Morgan fingerprint density at radius 3 is 2.82 bits per heavy atom. The van der Waals surface area contributed by atoms with E-state index in [9.17, 15) is 4.79 Å². The van der Waals surface area contributed by atoms with Gasteiger partial charge in [-0.15, -0.1) is 0 Å². The van der Waals surface area contributed by atoms with Crippen molar-refractivity contribution in [3.05, 3.63) is 0 Å². The lowest BCUT2D eigenvalue weighted by atomic mass is 10.2. The largest absolute Gasteiger partial charge is 0.480 e. The number of hydrogen-bond donors (Lipinski definition) is 2. The molecule has 1 aliphatic rings. The molecule has 4 nitrogen and oxygen atoms in total. The van der Waals surface area contributed by atoms with Crippen molar-refractivity contribution in [2.75, 3.05) is 6.61 Å². The topological polar surface area (TPSA) is 58.6 Å². The number of rotatable bonds is 4. The molecule has 1 rings (SSSR count). The Balaban J connectivity index is 2.49. The van der Waals surface area contributed by atoms with E-state index < -0.39 is 11.5 Å². The van der Waals surface area contributed by atoms with Crippen LogP contribution in [-0.2, 0) is 9.32 Å². The molecule has 0 radical (unpaired) electrons. The molecule has 0 aliphatic heterocycles. The molecular weight excluding hydrogens is 184 g/mol. The van der Waals surface area contributed by atoms with Crippen molar-refractivity contribution in [1.29, 1.82) is 0 Å². The fourth-order valence-electron chi connectivity index (χ4n) is 1.15. The molecule has 0 aromatic heterocycles. The minimum Gasteiger partial charge on any atom is -0.480 e. The van der Waals surface area contributed by atoms with E-state index in [-0.39, 0.29) is 5.92 Å². The lowest BCUT2D eigenvalue weighted by molar-refractivity contribution is -0.140. The first kappa shape index (κ1) is 9.34. The van der Waals surface area contributed by atoms with Crippen LogP contribution in [-0.4, -0.2) is 23.2 Å². The van der Waals surface area contributed by atoms with Crippen molar-refractivity contribution in [1.82, 2.24) is 5.09 Å². The molecule has 11 heavy (non-hydrogen) atoms. The zero-order valence-corrected chi connectivity index (χ0v) is 8.22. The normalized spacial score (nSPS) is 35.3. The third-order valence-electron chi connectivity index (χ3n) is 2.04. The summed E-state index contributed by atoms with van der Waals surface area (Å²) in [5.74, 6) is -0.713. The Morgan fingerprint density at radius 1 is 1.91 bits per heavy atom. The Labute approximate surface area is 69.6 Å². The van der Waals surface area contributed by atoms with Crippen molar-refractivity contribution in [3.63, 3.8) is 0 Å². The molecule has 1 fully saturated rings. The van der Waals surface area contributed by atoms with Gasteiger partial charge >= 0.3 is 5.97 Å². The van der Waals surface area contributed by atoms with Crippen LogP contribution in [0.15, 0.2) is 0 Å². The fourth-order valence-corrected chi connectivity index (χ4v) is 1.86. The van der Waals surface area contributed by atoms with Crippen LogP contribution in [0.2, 0.25) is 0 Å². The summed E-state index contributed by atoms with van der Waals surface area (Å²) >= 11 is 0. The van der Waals surface area contributed by atoms with Gasteiger partial charge in [0.1, 0.15) is 5.54 Å². The van der Waals surface area contributed by atoms with E-state index in [0.29, 0.717) is 13.0 Å². The summed E-state index contributed by atoms with van der Waals surface area (Å²) < 4.78 is 4.78. The molecule has 4 atom stereocenters. The van der Waals surface area contributed by atoms with Gasteiger partial charge in [0, 0.05) is 15.4 Å². The second-order valence-electron chi connectivity index (χ2n) is 2.66. The molecule has 2 N–H and O–H groups in total. The van der Waals surface area contributed by atoms with Gasteiger partial charge in [-0.05, 0) is 6.42 Å². The maximum absolute atomic E-state index is 10.7. The first-order chi connectivity index (χ1) is 5.17. The first-order valence-electron chi connectivity index (χ1n) is 3.20. The van der Waals surface area contributed by atoms with Gasteiger partial charge in [-0.25, -0.2) is 0 Å². The van der Waals surface area contributed by atoms with Gasteiger partial charge in [-0.2, -0.15) is 0 Å². The summed E-state index contributed by atoms with van der Waals surface area (Å²) in [5.41, 5.74) is -0.749. The number of carboxylic acid groups (broad SMARTS) is 1. The zero-order chi connectivity index (χ0) is 8.48. The van der Waals surface area contributed by atoms with E-state index in [2.05, 4.69) is 23.9 Å². The summed E-state index contributed by atoms with van der Waals surface area (Å²) in [6, 6.07) is 0. The van der Waals surface area contributed by atoms with E-state index >= 15 is 0 Å². The Bertz CT molecular complexity index is 177. The van der Waals surface area contributed by atoms with Crippen LogP contribution in [0.4, 0.5) is 0 Å². The van der Waals surface area contributed by atoms with Crippen molar-refractivity contribution in [2.45, 2.75) is 12.0 Å². The van der Waals surface area contributed by atoms with Crippen molar-refractivity contribution in [2.24, 2.45) is 5.92 Å². The highest BCUT2D eigenvalue weighted by atomic mass is 31.0. The highest BCUT2D eigenvalue weighted by Crippen LogP contribution is 2.44. The summed E-state index contributed by atoms with van der Waals surface area (Å²) in [4.78, 5) is 10.7. The average Bonchev–Trinajstić information content (AvgIpc) is 2.65. The monoisotopic (exact) mass is 195 g/mol. The number of carboxylic acids is 1. The van der Waals surface area contributed by atoms with Crippen LogP contribution in [0, 0.1) is 5.92 Å². The highest BCUT2D eigenvalue weighted by Gasteiger charge is 2.59. The smallest absolute Gasteiger partial charge is 0.324 e. The van der Waals surface area contributed by atoms with Crippen molar-refractivity contribution >= 4 is 24.8 Å². The summed E-state index contributed by atoms with van der Waals surface area (Å²) in [6.45, 7) is 0.471. The Morgan fingerprint density at radius 2 is 2.55 bits per heavy atom. The average molecular weight is 195 g/mol. The first-order valence-corrected chi connectivity index (χ1v) is 4.25. The van der Waals surface area contributed by atoms with Crippen molar-refractivity contribution in [3.8, 4) is 0 Å². The second kappa shape index (κ2) is 3.32. The predicted molar refractivity (Wildman–Crippen MR) is 47.0 cm³/mol. The molecule has 1 saturated carbocycles. The molecule has 0 amide bonds. The molecule has 2 unspecified atom stereocenters. The SMILES string of the molecule is O=C(O)[C@@]1(NP)C[C@@H]1COP. The highest BCUT2D eigenvalue weighted by molar-refractivity contribution is 7.14. The van der Waals surface area contributed by atoms with E-state index in [1.54, 1.807) is 0 Å². The second-order valence-corrected chi connectivity index (χ2v) is 3.28. The fraction of sp³-hybridized carbons (Fsp3) is 0.800. The van der Waals surface area contributed by atoms with Crippen molar-refractivity contribution < 1.29 is 14.4 Å². The Hall–Kier alpha value is 0.250. The van der Waals surface area contributed by atoms with E-state index in [4.69, 9.17) is 9.63 Å². The van der Waals surface area contributed by atoms with Gasteiger partial charge in [0.15, 0.2) is 0 Å². The predicted octanol–water partition coefficient (Wildman–Crippen LogP) is 0.0161. The summed E-state index contributed by atoms with van der Waals surface area (Å²) in [5, 5.41) is 11.5. The zero-order valence-electron chi connectivity index (χ0n) is 5.91. The van der Waals surface area contributed by atoms with Crippen LogP contribution >= 0.6 is 18.9 Å². The van der Waals surface area contributed by atoms with Gasteiger partial charge in [0.2, 0.25) is 0 Å². The number of aliphatic carboxylic acids is 1. The van der Waals surface area contributed by atoms with Crippen LogP contribution < -0.4 is 5.09 Å². The van der Waals surface area contributed by atoms with Gasteiger partial charge < -0.3 is 9.63 Å². The number of hydrogen-bond acceptors (Lipinski definition) is 3. The van der Waals surface area contributed by atoms with Crippen LogP contribution in [0.5, 0.6) is 0 Å². The van der Waals surface area contributed by atoms with E-state index in [1.165, 1.54) is 0 Å². The number of carbonyl (C=O) groups is 1. The van der Waals surface area contributed by atoms with Gasteiger partial charge in [-0.3, -0.25) is 9.88 Å². The molecule has 64 valence electrons. The molecule has 0 aromatic carbocycles. The van der Waals surface area contributed by atoms with Gasteiger partial charge in [0.05, 0.1) is 6.61 Å². The minimum atomic E-state index is -0.806. The molecule has 0 saturated heterocycles. The van der Waals surface area contributed by atoms with Crippen LogP contribution in [0.1, 0.15) is 6.42 Å². The van der Waals surface area contributed by atoms with Crippen LogP contribution in [0.25, 0.3) is 0 Å². The third kappa shape index (κ3) is 1.54. The van der Waals surface area contributed by atoms with Gasteiger partial charge in [-0.1, -0.05) is 9.39 Å². The number of nitrogens with one attached hydrogen (secondary N) is 1. The maximum Gasteiger partial charge on any atom is 0.324 e. The summed E-state index contributed by atoms with van der Waals surface area (Å²) in [6.07, 6.45) is 0.639. The molecule has 6 heteroatoms. The molecular formula is C5H11NO3P2. The van der Waals surface area contributed by atoms with E-state index in [1.807, 2.05) is 0 Å². The molecule has 0 bridgehead atoms. The van der Waals surface area contributed by atoms with Crippen LogP contribution in [0.3, 0.4) is 0 Å². The third-order valence-corrected chi connectivity index (χ3v) is 2.75.